The van der Waals surface area contributed by atoms with Gasteiger partial charge in [0.05, 0.1) is 5.69 Å². The first-order chi connectivity index (χ1) is 7.22. The summed E-state index contributed by atoms with van der Waals surface area (Å²) in [7, 11) is 0. The molecule has 0 bridgehead atoms. The van der Waals surface area contributed by atoms with E-state index in [-0.39, 0.29) is 17.2 Å². The van der Waals surface area contributed by atoms with Crippen LogP contribution in [0.15, 0.2) is 18.2 Å². The Morgan fingerprint density at radius 3 is 2.73 bits per heavy atom. The first-order valence-electron chi connectivity index (χ1n) is 4.77. The second-order valence-electron chi connectivity index (χ2n) is 3.48. The highest BCUT2D eigenvalue weighted by atomic mass is 19.1. The van der Waals surface area contributed by atoms with Crippen LogP contribution in [0.4, 0.5) is 10.1 Å². The molecule has 0 radical (unpaired) electrons. The smallest absolute Gasteiger partial charge is 0.227 e. The third-order valence-corrected chi connectivity index (χ3v) is 2.47. The predicted octanol–water partition coefficient (Wildman–Crippen LogP) is 1.76. The Hall–Kier alpha value is -1.71. The van der Waals surface area contributed by atoms with E-state index in [9.17, 15) is 14.0 Å². The molecule has 1 saturated heterocycles. The van der Waals surface area contributed by atoms with Crippen molar-refractivity contribution in [2.45, 2.75) is 12.8 Å². The largest absolute Gasteiger partial charge is 0.310 e. The molecule has 1 aliphatic heterocycles. The summed E-state index contributed by atoms with van der Waals surface area (Å²) < 4.78 is 13.5. The van der Waals surface area contributed by atoms with E-state index in [4.69, 9.17) is 0 Å². The van der Waals surface area contributed by atoms with Crippen LogP contribution in [0.1, 0.15) is 23.2 Å². The highest BCUT2D eigenvalue weighted by Gasteiger charge is 2.23. The van der Waals surface area contributed by atoms with Crippen LogP contribution in [0.3, 0.4) is 0 Å². The molecule has 1 fully saturated rings. The van der Waals surface area contributed by atoms with Gasteiger partial charge in [-0.2, -0.15) is 0 Å². The lowest BCUT2D eigenvalue weighted by molar-refractivity contribution is -0.117. The summed E-state index contributed by atoms with van der Waals surface area (Å²) in [5.41, 5.74) is 0.547. The van der Waals surface area contributed by atoms with Crippen molar-refractivity contribution < 1.29 is 14.0 Å². The number of benzene rings is 1. The van der Waals surface area contributed by atoms with E-state index in [0.717, 1.165) is 12.5 Å². The molecule has 1 aliphatic rings. The first-order valence-corrected chi connectivity index (χ1v) is 4.77. The van der Waals surface area contributed by atoms with E-state index >= 15 is 0 Å². The van der Waals surface area contributed by atoms with E-state index in [1.54, 1.807) is 0 Å². The van der Waals surface area contributed by atoms with Gasteiger partial charge in [0.15, 0.2) is 0 Å². The molecule has 4 heteroatoms. The van der Waals surface area contributed by atoms with Gasteiger partial charge in [0.1, 0.15) is 12.1 Å². The summed E-state index contributed by atoms with van der Waals surface area (Å²) in [5, 5.41) is 0. The minimum atomic E-state index is -0.519. The molecule has 15 heavy (non-hydrogen) atoms. The van der Waals surface area contributed by atoms with E-state index in [0.29, 0.717) is 19.3 Å². The SMILES string of the molecule is O=Cc1ccc(N2CCCC2=O)c(F)c1. The molecule has 3 nitrogen and oxygen atoms in total. The lowest BCUT2D eigenvalue weighted by Crippen LogP contribution is -2.24. The maximum atomic E-state index is 13.5. The van der Waals surface area contributed by atoms with Crippen LogP contribution in [0.25, 0.3) is 0 Å². The second kappa shape index (κ2) is 3.81. The Morgan fingerprint density at radius 1 is 1.40 bits per heavy atom. The van der Waals surface area contributed by atoms with Crippen LogP contribution < -0.4 is 4.90 Å². The highest BCUT2D eigenvalue weighted by Crippen LogP contribution is 2.24. The van der Waals surface area contributed by atoms with Gasteiger partial charge in [-0.15, -0.1) is 0 Å². The van der Waals surface area contributed by atoms with E-state index in [1.165, 1.54) is 17.0 Å². The Morgan fingerprint density at radius 2 is 2.20 bits per heavy atom. The number of rotatable bonds is 2. The van der Waals surface area contributed by atoms with E-state index < -0.39 is 5.82 Å². The van der Waals surface area contributed by atoms with Crippen molar-refractivity contribution in [3.63, 3.8) is 0 Å². The predicted molar refractivity (Wildman–Crippen MR) is 53.4 cm³/mol. The van der Waals surface area contributed by atoms with Crippen molar-refractivity contribution in [1.82, 2.24) is 0 Å². The van der Waals surface area contributed by atoms with E-state index in [2.05, 4.69) is 0 Å². The monoisotopic (exact) mass is 207 g/mol. The molecule has 1 aromatic carbocycles. The molecular weight excluding hydrogens is 197 g/mol. The lowest BCUT2D eigenvalue weighted by atomic mass is 10.2. The van der Waals surface area contributed by atoms with Gasteiger partial charge in [-0.3, -0.25) is 9.59 Å². The van der Waals surface area contributed by atoms with Gasteiger partial charge in [0.25, 0.3) is 0 Å². The van der Waals surface area contributed by atoms with Gasteiger partial charge in [-0.1, -0.05) is 0 Å². The molecule has 1 aromatic rings. The molecular formula is C11H10FNO2. The number of carbonyl (C=O) groups excluding carboxylic acids is 2. The number of aldehydes is 1. The summed E-state index contributed by atoms with van der Waals surface area (Å²) in [4.78, 5) is 23.2. The number of hydrogen-bond donors (Lipinski definition) is 0. The summed E-state index contributed by atoms with van der Waals surface area (Å²) in [6.45, 7) is 0.552. The zero-order chi connectivity index (χ0) is 10.8. The molecule has 0 aromatic heterocycles. The number of anilines is 1. The first kappa shape index (κ1) is 9.83. The Labute approximate surface area is 86.5 Å². The Balaban J connectivity index is 2.36. The third kappa shape index (κ3) is 1.75. The highest BCUT2D eigenvalue weighted by molar-refractivity contribution is 5.95. The normalized spacial score (nSPS) is 15.8. The molecule has 0 N–H and O–H groups in total. The van der Waals surface area contributed by atoms with Gasteiger partial charge < -0.3 is 4.90 Å². The van der Waals surface area contributed by atoms with Crippen LogP contribution in [-0.4, -0.2) is 18.7 Å². The minimum absolute atomic E-state index is 0.0623. The number of carbonyl (C=O) groups is 2. The summed E-state index contributed by atoms with van der Waals surface area (Å²) >= 11 is 0. The van der Waals surface area contributed by atoms with Crippen LogP contribution >= 0.6 is 0 Å². The fraction of sp³-hybridized carbons (Fsp3) is 0.273. The van der Waals surface area contributed by atoms with Crippen molar-refractivity contribution >= 4 is 17.9 Å². The maximum absolute atomic E-state index is 13.5. The van der Waals surface area contributed by atoms with E-state index in [1.807, 2.05) is 0 Å². The Kier molecular flexibility index (Phi) is 2.49. The molecule has 0 unspecified atom stereocenters. The molecule has 78 valence electrons. The lowest BCUT2D eigenvalue weighted by Gasteiger charge is -2.16. The van der Waals surface area contributed by atoms with Crippen molar-refractivity contribution in [3.8, 4) is 0 Å². The molecule has 0 saturated carbocycles. The molecule has 2 rings (SSSR count). The van der Waals surface area contributed by atoms with Crippen molar-refractivity contribution in [3.05, 3.63) is 29.6 Å². The van der Waals surface area contributed by atoms with Gasteiger partial charge in [-0.25, -0.2) is 4.39 Å². The van der Waals surface area contributed by atoms with Gasteiger partial charge in [0, 0.05) is 18.5 Å². The standard InChI is InChI=1S/C11H10FNO2/c12-9-6-8(7-14)3-4-10(9)13-5-1-2-11(13)15/h3-4,6-7H,1-2,5H2. The summed E-state index contributed by atoms with van der Waals surface area (Å²) in [6, 6.07) is 4.13. The van der Waals surface area contributed by atoms with Crippen molar-refractivity contribution in [1.29, 1.82) is 0 Å². The van der Waals surface area contributed by atoms with Gasteiger partial charge in [-0.05, 0) is 24.6 Å². The van der Waals surface area contributed by atoms with Crippen molar-refractivity contribution in [2.24, 2.45) is 0 Å². The number of amides is 1. The number of halogens is 1. The fourth-order valence-electron chi connectivity index (χ4n) is 1.72. The number of nitrogens with zero attached hydrogens (tertiary/aromatic N) is 1. The molecule has 0 spiro atoms. The van der Waals surface area contributed by atoms with Gasteiger partial charge in [0.2, 0.25) is 5.91 Å². The topological polar surface area (TPSA) is 37.4 Å². The fourth-order valence-corrected chi connectivity index (χ4v) is 1.72. The Bertz CT molecular complexity index is 417. The number of hydrogen-bond acceptors (Lipinski definition) is 2. The van der Waals surface area contributed by atoms with Crippen LogP contribution in [0.2, 0.25) is 0 Å². The van der Waals surface area contributed by atoms with Crippen LogP contribution in [0, 0.1) is 5.82 Å². The quantitative estimate of drug-likeness (QED) is 0.693. The average Bonchev–Trinajstić information content (AvgIpc) is 2.64. The molecule has 1 heterocycles. The second-order valence-corrected chi connectivity index (χ2v) is 3.48. The molecule has 0 aliphatic carbocycles. The maximum Gasteiger partial charge on any atom is 0.227 e. The van der Waals surface area contributed by atoms with Gasteiger partial charge >= 0.3 is 0 Å². The van der Waals surface area contributed by atoms with Crippen molar-refractivity contribution in [2.75, 3.05) is 11.4 Å². The average molecular weight is 207 g/mol. The molecule has 1 amide bonds. The van der Waals surface area contributed by atoms with Crippen LogP contribution in [0.5, 0.6) is 0 Å². The summed E-state index contributed by atoms with van der Waals surface area (Å²) in [6.07, 6.45) is 1.81. The third-order valence-electron chi connectivity index (χ3n) is 2.47. The van der Waals surface area contributed by atoms with Crippen LogP contribution in [-0.2, 0) is 4.79 Å². The zero-order valence-corrected chi connectivity index (χ0v) is 8.07. The summed E-state index contributed by atoms with van der Waals surface area (Å²) in [5.74, 6) is -0.581. The molecule has 0 atom stereocenters. The minimum Gasteiger partial charge on any atom is -0.310 e. The zero-order valence-electron chi connectivity index (χ0n) is 8.07.